The Morgan fingerprint density at radius 3 is 2.79 bits per heavy atom. The van der Waals surface area contributed by atoms with Gasteiger partial charge in [0.05, 0.1) is 13.2 Å². The number of aliphatic imine (C=N–C) groups is 1. The molecule has 1 aliphatic heterocycles. The van der Waals surface area contributed by atoms with Gasteiger partial charge in [-0.3, -0.25) is 4.90 Å². The highest BCUT2D eigenvalue weighted by atomic mass is 16.5. The first-order chi connectivity index (χ1) is 13.6. The Morgan fingerprint density at radius 1 is 1.25 bits per heavy atom. The molecule has 0 bridgehead atoms. The summed E-state index contributed by atoms with van der Waals surface area (Å²) >= 11 is 0. The van der Waals surface area contributed by atoms with Gasteiger partial charge in [-0.1, -0.05) is 19.8 Å². The zero-order valence-electron chi connectivity index (χ0n) is 17.8. The van der Waals surface area contributed by atoms with E-state index in [1.54, 1.807) is 0 Å². The van der Waals surface area contributed by atoms with E-state index in [2.05, 4.69) is 32.7 Å². The Kier molecular flexibility index (Phi) is 8.09. The summed E-state index contributed by atoms with van der Waals surface area (Å²) in [5.74, 6) is 3.50. The maximum Gasteiger partial charge on any atom is 0.191 e. The largest absolute Gasteiger partial charge is 0.379 e. The zero-order valence-corrected chi connectivity index (χ0v) is 17.8. The summed E-state index contributed by atoms with van der Waals surface area (Å²) in [5.41, 5.74) is 0. The van der Waals surface area contributed by atoms with Crippen molar-refractivity contribution in [3.63, 3.8) is 0 Å². The second kappa shape index (κ2) is 10.8. The van der Waals surface area contributed by atoms with Crippen molar-refractivity contribution in [3.8, 4) is 0 Å². The van der Waals surface area contributed by atoms with Crippen LogP contribution in [0.25, 0.3) is 0 Å². The molecule has 2 unspecified atom stereocenters. The van der Waals surface area contributed by atoms with E-state index in [4.69, 9.17) is 9.73 Å². The van der Waals surface area contributed by atoms with E-state index in [0.717, 1.165) is 69.3 Å². The molecule has 1 saturated carbocycles. The zero-order chi connectivity index (χ0) is 19.8. The van der Waals surface area contributed by atoms with Gasteiger partial charge >= 0.3 is 0 Å². The Bertz CT molecular complexity index is 624. The third kappa shape index (κ3) is 6.44. The van der Waals surface area contributed by atoms with Crippen LogP contribution in [0, 0.1) is 12.8 Å². The van der Waals surface area contributed by atoms with Crippen molar-refractivity contribution < 1.29 is 4.74 Å². The van der Waals surface area contributed by atoms with Crippen molar-refractivity contribution in [2.75, 3.05) is 39.4 Å². The number of ether oxygens (including phenoxy) is 1. The monoisotopic (exact) mass is 391 g/mol. The van der Waals surface area contributed by atoms with Crippen LogP contribution in [-0.4, -0.2) is 71.1 Å². The molecule has 2 N–H and O–H groups in total. The van der Waals surface area contributed by atoms with Crippen LogP contribution in [0.15, 0.2) is 4.99 Å². The lowest BCUT2D eigenvalue weighted by molar-refractivity contribution is 0.0376. The van der Waals surface area contributed by atoms with Crippen molar-refractivity contribution in [2.45, 2.75) is 58.5 Å². The fraction of sp³-hybridized carbons (Fsp3) is 0.850. The molecule has 0 spiro atoms. The molecule has 1 saturated heterocycles. The second-order valence-corrected chi connectivity index (χ2v) is 8.23. The molecule has 158 valence electrons. The number of hydrogen-bond acceptors (Lipinski definition) is 5. The number of nitrogens with one attached hydrogen (secondary N) is 2. The summed E-state index contributed by atoms with van der Waals surface area (Å²) in [6.45, 7) is 10.7. The van der Waals surface area contributed by atoms with Gasteiger partial charge in [0.2, 0.25) is 0 Å². The Balaban J connectivity index is 1.52. The minimum atomic E-state index is 0.510. The van der Waals surface area contributed by atoms with E-state index in [0.29, 0.717) is 12.6 Å². The van der Waals surface area contributed by atoms with Crippen LogP contribution < -0.4 is 10.6 Å². The summed E-state index contributed by atoms with van der Waals surface area (Å²) in [7, 11) is 1.99. The topological polar surface area (TPSA) is 79.6 Å². The lowest BCUT2D eigenvalue weighted by Gasteiger charge is -2.29. The molecule has 2 fully saturated rings. The number of guanidine groups is 1. The third-order valence-corrected chi connectivity index (χ3v) is 5.89. The quantitative estimate of drug-likeness (QED) is 0.416. The fourth-order valence-electron chi connectivity index (χ4n) is 3.98. The van der Waals surface area contributed by atoms with Crippen LogP contribution in [0.1, 0.15) is 50.7 Å². The molecule has 2 aliphatic rings. The maximum absolute atomic E-state index is 5.42. The van der Waals surface area contributed by atoms with Crippen LogP contribution >= 0.6 is 0 Å². The molecule has 0 radical (unpaired) electrons. The minimum Gasteiger partial charge on any atom is -0.379 e. The fourth-order valence-corrected chi connectivity index (χ4v) is 3.98. The molecule has 2 heterocycles. The first kappa shape index (κ1) is 21.0. The number of morpholine rings is 1. The highest BCUT2D eigenvalue weighted by molar-refractivity contribution is 5.80. The molecule has 1 aromatic rings. The van der Waals surface area contributed by atoms with E-state index in [9.17, 15) is 0 Å². The number of rotatable bonds is 7. The molecule has 1 aromatic heterocycles. The normalized spacial score (nSPS) is 24.3. The lowest BCUT2D eigenvalue weighted by Crippen LogP contribution is -2.46. The highest BCUT2D eigenvalue weighted by Crippen LogP contribution is 2.23. The minimum absolute atomic E-state index is 0.510. The van der Waals surface area contributed by atoms with E-state index < -0.39 is 0 Å². The van der Waals surface area contributed by atoms with Gasteiger partial charge in [0.15, 0.2) is 11.8 Å². The van der Waals surface area contributed by atoms with Crippen LogP contribution in [0.2, 0.25) is 0 Å². The average Bonchev–Trinajstić information content (AvgIpc) is 3.02. The Morgan fingerprint density at radius 2 is 2.07 bits per heavy atom. The van der Waals surface area contributed by atoms with Gasteiger partial charge in [-0.25, -0.2) is 4.99 Å². The van der Waals surface area contributed by atoms with Crippen LogP contribution in [0.3, 0.4) is 0 Å². The average molecular weight is 392 g/mol. The number of hydrogen-bond donors (Lipinski definition) is 2. The van der Waals surface area contributed by atoms with E-state index in [1.165, 1.54) is 25.7 Å². The molecular formula is C20H37N7O. The van der Waals surface area contributed by atoms with Crippen molar-refractivity contribution in [2.24, 2.45) is 18.0 Å². The number of aryl methyl sites for hydroxylation is 1. The predicted molar refractivity (Wildman–Crippen MR) is 111 cm³/mol. The van der Waals surface area contributed by atoms with Crippen LogP contribution in [-0.2, 0) is 18.3 Å². The summed E-state index contributed by atoms with van der Waals surface area (Å²) in [5, 5.41) is 15.6. The molecule has 3 rings (SSSR count). The van der Waals surface area contributed by atoms with Gasteiger partial charge < -0.3 is 19.9 Å². The van der Waals surface area contributed by atoms with Gasteiger partial charge in [0.25, 0.3) is 0 Å². The second-order valence-electron chi connectivity index (χ2n) is 8.23. The Labute approximate surface area is 169 Å². The van der Waals surface area contributed by atoms with Gasteiger partial charge in [-0.2, -0.15) is 0 Å². The van der Waals surface area contributed by atoms with E-state index >= 15 is 0 Å². The van der Waals surface area contributed by atoms with Crippen LogP contribution in [0.5, 0.6) is 0 Å². The van der Waals surface area contributed by atoms with E-state index in [1.807, 2.05) is 18.5 Å². The molecule has 2 atom stereocenters. The molecule has 1 aliphatic carbocycles. The van der Waals surface area contributed by atoms with Gasteiger partial charge in [-0.15, -0.1) is 10.2 Å². The van der Waals surface area contributed by atoms with E-state index in [-0.39, 0.29) is 0 Å². The highest BCUT2D eigenvalue weighted by Gasteiger charge is 2.20. The van der Waals surface area contributed by atoms with Gasteiger partial charge in [0.1, 0.15) is 12.4 Å². The SMILES string of the molecule is Cc1nnc(CN=C(NCCCN2CCOCC2)NC2CCCC(C)C2)n1C. The summed E-state index contributed by atoms with van der Waals surface area (Å²) < 4.78 is 7.43. The first-order valence-corrected chi connectivity index (χ1v) is 10.8. The standard InChI is InChI=1S/C20H37N7O/c1-16-6-4-7-18(14-16)23-20(22-15-19-25-24-17(2)26(19)3)21-8-5-9-27-10-12-28-13-11-27/h16,18H,4-15H2,1-3H3,(H2,21,22,23). The molecule has 8 nitrogen and oxygen atoms in total. The molecule has 8 heteroatoms. The molecule has 0 aromatic carbocycles. The van der Waals surface area contributed by atoms with Crippen molar-refractivity contribution in [3.05, 3.63) is 11.6 Å². The molecular weight excluding hydrogens is 354 g/mol. The maximum atomic E-state index is 5.42. The summed E-state index contributed by atoms with van der Waals surface area (Å²) in [4.78, 5) is 7.28. The lowest BCUT2D eigenvalue weighted by atomic mass is 9.87. The number of nitrogens with zero attached hydrogens (tertiary/aromatic N) is 5. The van der Waals surface area contributed by atoms with Gasteiger partial charge in [-0.05, 0) is 38.6 Å². The van der Waals surface area contributed by atoms with Crippen molar-refractivity contribution >= 4 is 5.96 Å². The van der Waals surface area contributed by atoms with Crippen molar-refractivity contribution in [1.82, 2.24) is 30.3 Å². The van der Waals surface area contributed by atoms with Crippen LogP contribution in [0.4, 0.5) is 0 Å². The van der Waals surface area contributed by atoms with Gasteiger partial charge in [0, 0.05) is 32.7 Å². The first-order valence-electron chi connectivity index (χ1n) is 10.8. The predicted octanol–water partition coefficient (Wildman–Crippen LogP) is 1.46. The summed E-state index contributed by atoms with van der Waals surface area (Å²) in [6, 6.07) is 0.510. The Hall–Kier alpha value is -1.67. The molecule has 0 amide bonds. The van der Waals surface area contributed by atoms with Crippen molar-refractivity contribution in [1.29, 1.82) is 0 Å². The molecule has 28 heavy (non-hydrogen) atoms. The number of aromatic nitrogens is 3. The third-order valence-electron chi connectivity index (χ3n) is 5.89. The smallest absolute Gasteiger partial charge is 0.191 e. The summed E-state index contributed by atoms with van der Waals surface area (Å²) in [6.07, 6.45) is 6.19.